The molecule has 1 aliphatic carbocycles. The quantitative estimate of drug-likeness (QED) is 0.543. The molecule has 0 aromatic carbocycles. The molecule has 2 fully saturated rings. The van der Waals surface area contributed by atoms with Crippen LogP contribution in [0.4, 0.5) is 0 Å². The second-order valence-electron chi connectivity index (χ2n) is 4.69. The van der Waals surface area contributed by atoms with Crippen LogP contribution < -0.4 is 0 Å². The summed E-state index contributed by atoms with van der Waals surface area (Å²) < 4.78 is 15.9. The van der Waals surface area contributed by atoms with Gasteiger partial charge >= 0.3 is 5.97 Å². The first-order valence-electron chi connectivity index (χ1n) is 5.99. The van der Waals surface area contributed by atoms with Gasteiger partial charge in [0, 0.05) is 25.2 Å². The van der Waals surface area contributed by atoms with Crippen LogP contribution in [0.1, 0.15) is 25.7 Å². The van der Waals surface area contributed by atoms with E-state index in [4.69, 9.17) is 9.47 Å². The van der Waals surface area contributed by atoms with Crippen molar-refractivity contribution in [2.24, 2.45) is 11.8 Å². The van der Waals surface area contributed by atoms with Gasteiger partial charge in [-0.15, -0.1) is 0 Å². The standard InChI is InChI=1S/C12H18O5/c1-15-11(14)6-10-7-12(16-4-5-17-12)3-2-9(10)8-13/h8-10H,2-7H2,1H3/t9-,10+/m1/s1. The van der Waals surface area contributed by atoms with Crippen LogP contribution in [0.15, 0.2) is 0 Å². The second-order valence-corrected chi connectivity index (χ2v) is 4.69. The maximum absolute atomic E-state index is 11.3. The zero-order valence-corrected chi connectivity index (χ0v) is 10.0. The van der Waals surface area contributed by atoms with Gasteiger partial charge in [-0.1, -0.05) is 0 Å². The third-order valence-corrected chi connectivity index (χ3v) is 3.68. The summed E-state index contributed by atoms with van der Waals surface area (Å²) in [5, 5.41) is 0. The van der Waals surface area contributed by atoms with E-state index in [1.54, 1.807) is 0 Å². The number of carbonyl (C=O) groups is 2. The van der Waals surface area contributed by atoms with Crippen LogP contribution in [0, 0.1) is 11.8 Å². The molecule has 1 heterocycles. The lowest BCUT2D eigenvalue weighted by Crippen LogP contribution is -2.41. The highest BCUT2D eigenvalue weighted by molar-refractivity contribution is 5.70. The van der Waals surface area contributed by atoms with Crippen molar-refractivity contribution >= 4 is 12.3 Å². The first-order chi connectivity index (χ1) is 8.19. The average molecular weight is 242 g/mol. The summed E-state index contributed by atoms with van der Waals surface area (Å²) in [4.78, 5) is 22.3. The smallest absolute Gasteiger partial charge is 0.305 e. The van der Waals surface area contributed by atoms with Crippen molar-refractivity contribution in [1.29, 1.82) is 0 Å². The topological polar surface area (TPSA) is 61.8 Å². The SMILES string of the molecule is COC(=O)C[C@H]1CC2(CC[C@@H]1C=O)OCCO2. The predicted octanol–water partition coefficient (Wildman–Crippen LogP) is 0.908. The molecule has 2 aliphatic rings. The fourth-order valence-electron chi connectivity index (χ4n) is 2.73. The Morgan fingerprint density at radius 3 is 2.76 bits per heavy atom. The number of rotatable bonds is 3. The molecule has 1 saturated heterocycles. The van der Waals surface area contributed by atoms with Crippen molar-refractivity contribution in [2.75, 3.05) is 20.3 Å². The number of carbonyl (C=O) groups excluding carboxylic acids is 2. The molecule has 0 aromatic heterocycles. The van der Waals surface area contributed by atoms with Crippen LogP contribution in [-0.4, -0.2) is 38.4 Å². The summed E-state index contributed by atoms with van der Waals surface area (Å²) in [5.41, 5.74) is 0. The predicted molar refractivity (Wildman–Crippen MR) is 58.2 cm³/mol. The lowest BCUT2D eigenvalue weighted by atomic mass is 9.75. The molecular weight excluding hydrogens is 224 g/mol. The van der Waals surface area contributed by atoms with E-state index in [0.29, 0.717) is 26.1 Å². The molecule has 0 N–H and O–H groups in total. The Kier molecular flexibility index (Phi) is 3.79. The molecule has 2 rings (SSSR count). The Bertz CT molecular complexity index is 295. The van der Waals surface area contributed by atoms with Crippen LogP contribution >= 0.6 is 0 Å². The summed E-state index contributed by atoms with van der Waals surface area (Å²) in [5.74, 6) is -0.964. The lowest BCUT2D eigenvalue weighted by Gasteiger charge is -2.38. The molecule has 0 unspecified atom stereocenters. The van der Waals surface area contributed by atoms with Gasteiger partial charge in [0.15, 0.2) is 5.79 Å². The third kappa shape index (κ3) is 2.66. The summed E-state index contributed by atoms with van der Waals surface area (Å²) in [7, 11) is 1.36. The molecule has 5 heteroatoms. The minimum atomic E-state index is -0.557. The number of ether oxygens (including phenoxy) is 3. The van der Waals surface area contributed by atoms with Crippen LogP contribution in [0.5, 0.6) is 0 Å². The maximum atomic E-state index is 11.3. The van der Waals surface area contributed by atoms with E-state index >= 15 is 0 Å². The van der Waals surface area contributed by atoms with Crippen molar-refractivity contribution < 1.29 is 23.8 Å². The number of hydrogen-bond acceptors (Lipinski definition) is 5. The Labute approximate surface area is 100 Å². The molecule has 2 atom stereocenters. The molecule has 1 saturated carbocycles. The van der Waals surface area contributed by atoms with E-state index < -0.39 is 5.79 Å². The van der Waals surface area contributed by atoms with Gasteiger partial charge in [-0.25, -0.2) is 0 Å². The molecule has 0 aromatic rings. The molecule has 1 aliphatic heterocycles. The minimum Gasteiger partial charge on any atom is -0.469 e. The third-order valence-electron chi connectivity index (χ3n) is 3.68. The number of esters is 1. The van der Waals surface area contributed by atoms with E-state index in [2.05, 4.69) is 4.74 Å². The first-order valence-corrected chi connectivity index (χ1v) is 5.99. The number of hydrogen-bond donors (Lipinski definition) is 0. The fraction of sp³-hybridized carbons (Fsp3) is 0.833. The van der Waals surface area contributed by atoms with Gasteiger partial charge in [0.05, 0.1) is 20.3 Å². The van der Waals surface area contributed by atoms with Gasteiger partial charge in [-0.2, -0.15) is 0 Å². The van der Waals surface area contributed by atoms with Crippen molar-refractivity contribution in [3.8, 4) is 0 Å². The normalized spacial score (nSPS) is 31.4. The molecule has 0 radical (unpaired) electrons. The summed E-state index contributed by atoms with van der Waals surface area (Å²) >= 11 is 0. The zero-order valence-electron chi connectivity index (χ0n) is 10.0. The van der Waals surface area contributed by atoms with E-state index in [1.165, 1.54) is 7.11 Å². The second kappa shape index (κ2) is 5.14. The van der Waals surface area contributed by atoms with Crippen molar-refractivity contribution in [2.45, 2.75) is 31.5 Å². The largest absolute Gasteiger partial charge is 0.469 e. The summed E-state index contributed by atoms with van der Waals surface area (Å²) in [6, 6.07) is 0. The molecule has 96 valence electrons. The fourth-order valence-corrected chi connectivity index (χ4v) is 2.73. The lowest BCUT2D eigenvalue weighted by molar-refractivity contribution is -0.195. The molecule has 17 heavy (non-hydrogen) atoms. The Morgan fingerprint density at radius 2 is 2.18 bits per heavy atom. The van der Waals surface area contributed by atoms with Crippen LogP contribution in [0.2, 0.25) is 0 Å². The van der Waals surface area contributed by atoms with Crippen LogP contribution in [0.25, 0.3) is 0 Å². The summed E-state index contributed by atoms with van der Waals surface area (Å²) in [6.07, 6.45) is 3.24. The Balaban J connectivity index is 2.02. The molecule has 5 nitrogen and oxygen atoms in total. The van der Waals surface area contributed by atoms with E-state index in [0.717, 1.165) is 12.7 Å². The highest BCUT2D eigenvalue weighted by Crippen LogP contribution is 2.42. The zero-order chi connectivity index (χ0) is 12.3. The van der Waals surface area contributed by atoms with Gasteiger partial charge in [-0.3, -0.25) is 4.79 Å². The number of aldehydes is 1. The monoisotopic (exact) mass is 242 g/mol. The molecule has 0 bridgehead atoms. The van der Waals surface area contributed by atoms with Crippen molar-refractivity contribution in [3.05, 3.63) is 0 Å². The van der Waals surface area contributed by atoms with E-state index in [-0.39, 0.29) is 24.2 Å². The van der Waals surface area contributed by atoms with Crippen LogP contribution in [-0.2, 0) is 23.8 Å². The van der Waals surface area contributed by atoms with Gasteiger partial charge in [-0.05, 0) is 12.3 Å². The highest BCUT2D eigenvalue weighted by atomic mass is 16.7. The van der Waals surface area contributed by atoms with Gasteiger partial charge in [0.2, 0.25) is 0 Å². The molecule has 1 spiro atoms. The van der Waals surface area contributed by atoms with Gasteiger partial charge in [0.25, 0.3) is 0 Å². The highest BCUT2D eigenvalue weighted by Gasteiger charge is 2.45. The van der Waals surface area contributed by atoms with Gasteiger partial charge < -0.3 is 19.0 Å². The molecule has 0 amide bonds. The molecular formula is C12H18O5. The maximum Gasteiger partial charge on any atom is 0.305 e. The Hall–Kier alpha value is -0.940. The first kappa shape index (κ1) is 12.5. The van der Waals surface area contributed by atoms with E-state index in [9.17, 15) is 9.59 Å². The summed E-state index contributed by atoms with van der Waals surface area (Å²) in [6.45, 7) is 1.19. The van der Waals surface area contributed by atoms with E-state index in [1.807, 2.05) is 0 Å². The number of methoxy groups -OCH3 is 1. The van der Waals surface area contributed by atoms with Crippen molar-refractivity contribution in [3.63, 3.8) is 0 Å². The average Bonchev–Trinajstić information content (AvgIpc) is 2.78. The minimum absolute atomic E-state index is 0.0354. The van der Waals surface area contributed by atoms with Crippen molar-refractivity contribution in [1.82, 2.24) is 0 Å². The van der Waals surface area contributed by atoms with Crippen LogP contribution in [0.3, 0.4) is 0 Å². The van der Waals surface area contributed by atoms with Gasteiger partial charge in [0.1, 0.15) is 6.29 Å². The Morgan fingerprint density at radius 1 is 1.47 bits per heavy atom.